The molecular weight excluding hydrogens is 632 g/mol. The number of hydrogen-bond acceptors (Lipinski definition) is 8. The normalized spacial score (nSPS) is 21.9. The lowest BCUT2D eigenvalue weighted by atomic mass is 9.95. The highest BCUT2D eigenvalue weighted by Crippen LogP contribution is 2.53. The summed E-state index contributed by atoms with van der Waals surface area (Å²) in [6, 6.07) is 19.3. The van der Waals surface area contributed by atoms with E-state index in [4.69, 9.17) is 21.4 Å². The summed E-state index contributed by atoms with van der Waals surface area (Å²) in [5, 5.41) is 28.7. The highest BCUT2D eigenvalue weighted by Gasteiger charge is 2.58. The Morgan fingerprint density at radius 3 is 2.80 bits per heavy atom. The van der Waals surface area contributed by atoms with E-state index in [9.17, 15) is 14.9 Å². The molecule has 4 heterocycles. The number of fused-ring (bicyclic) bond motifs is 4. The maximum atomic E-state index is 13.0. The lowest BCUT2D eigenvalue weighted by molar-refractivity contribution is -0.384. The molecule has 1 spiro atoms. The number of nitro benzene ring substituents is 1. The lowest BCUT2D eigenvalue weighted by Crippen LogP contribution is -2.61. The molecule has 1 amide bonds. The molecule has 2 unspecified atom stereocenters. The van der Waals surface area contributed by atoms with Crippen LogP contribution in [0.15, 0.2) is 87.4 Å². The predicted molar refractivity (Wildman–Crippen MR) is 159 cm³/mol. The van der Waals surface area contributed by atoms with Gasteiger partial charge in [0.2, 0.25) is 0 Å². The van der Waals surface area contributed by atoms with Crippen molar-refractivity contribution in [3.63, 3.8) is 0 Å². The Kier molecular flexibility index (Phi) is 6.14. The molecule has 204 valence electrons. The molecular formula is C28H18BrClN6O4S. The molecule has 3 aliphatic heterocycles. The van der Waals surface area contributed by atoms with Crippen LogP contribution in [0.3, 0.4) is 0 Å². The summed E-state index contributed by atoms with van der Waals surface area (Å²) in [6.07, 6.45) is 3.99. The molecule has 3 aliphatic rings. The number of hydrazone groups is 1. The van der Waals surface area contributed by atoms with Crippen molar-refractivity contribution in [2.45, 2.75) is 18.3 Å². The molecule has 1 aromatic heterocycles. The Labute approximate surface area is 250 Å². The molecule has 1 saturated heterocycles. The molecule has 0 aliphatic carbocycles. The van der Waals surface area contributed by atoms with Crippen LogP contribution in [0, 0.1) is 10.1 Å². The van der Waals surface area contributed by atoms with Gasteiger partial charge >= 0.3 is 5.85 Å². The maximum absolute atomic E-state index is 13.0. The predicted octanol–water partition coefficient (Wildman–Crippen LogP) is 7.10. The van der Waals surface area contributed by atoms with Crippen molar-refractivity contribution in [3.05, 3.63) is 114 Å². The monoisotopic (exact) mass is 648 g/mol. The second kappa shape index (κ2) is 9.75. The smallest absolute Gasteiger partial charge is 0.314 e. The highest BCUT2D eigenvalue weighted by atomic mass is 79.9. The number of aromatic amines is 1. The second-order valence-corrected chi connectivity index (χ2v) is 11.9. The first kappa shape index (κ1) is 25.8. The molecule has 10 nitrogen and oxygen atoms in total. The number of nitrogens with zero attached hydrogens (tertiary/aromatic N) is 4. The molecule has 7 rings (SSSR count). The van der Waals surface area contributed by atoms with E-state index < -0.39 is 10.8 Å². The molecule has 0 radical (unpaired) electrons. The number of H-pyrrole nitrogens is 1. The molecule has 2 N–H and O–H groups in total. The fraction of sp³-hybridized carbons (Fsp3) is 0.107. The molecule has 41 heavy (non-hydrogen) atoms. The third-order valence-corrected chi connectivity index (χ3v) is 8.76. The molecule has 2 atom stereocenters. The number of thioether (sulfide) groups is 1. The van der Waals surface area contributed by atoms with Gasteiger partial charge in [0.15, 0.2) is 0 Å². The van der Waals surface area contributed by atoms with Gasteiger partial charge in [0, 0.05) is 44.7 Å². The fourth-order valence-corrected chi connectivity index (χ4v) is 6.66. The van der Waals surface area contributed by atoms with Crippen molar-refractivity contribution >= 4 is 62.0 Å². The van der Waals surface area contributed by atoms with Gasteiger partial charge in [0.05, 0.1) is 33.5 Å². The number of rotatable bonds is 4. The Morgan fingerprint density at radius 1 is 1.17 bits per heavy atom. The SMILES string of the molecule is O=C1NC2(Oc3ccc(Br)cc3C3CC(c4ccc(Cl)cc4)=NN32)C(=Cc2cn[nH]c2-c2cccc([N+](=O)[O-])c2)S1. The van der Waals surface area contributed by atoms with E-state index in [0.717, 1.165) is 33.1 Å². The third kappa shape index (κ3) is 4.39. The van der Waals surface area contributed by atoms with Crippen molar-refractivity contribution < 1.29 is 14.5 Å². The van der Waals surface area contributed by atoms with Crippen LogP contribution in [0.25, 0.3) is 17.3 Å². The van der Waals surface area contributed by atoms with E-state index in [1.165, 1.54) is 12.1 Å². The average Bonchev–Trinajstić information content (AvgIpc) is 3.68. The highest BCUT2D eigenvalue weighted by molar-refractivity contribution is 9.10. The number of aromatic nitrogens is 2. The first-order valence-corrected chi connectivity index (χ1v) is 14.4. The number of halogens is 2. The molecule has 3 aromatic carbocycles. The number of non-ortho nitro benzene ring substituents is 1. The van der Waals surface area contributed by atoms with Crippen LogP contribution in [0.4, 0.5) is 10.5 Å². The first-order chi connectivity index (χ1) is 19.8. The number of carbonyl (C=O) groups excluding carboxylic acids is 1. The second-order valence-electron chi connectivity index (χ2n) is 9.58. The molecule has 4 aromatic rings. The Balaban J connectivity index is 1.36. The van der Waals surface area contributed by atoms with Gasteiger partial charge in [-0.1, -0.05) is 51.8 Å². The first-order valence-electron chi connectivity index (χ1n) is 12.4. The van der Waals surface area contributed by atoms with E-state index in [0.29, 0.717) is 38.9 Å². The summed E-state index contributed by atoms with van der Waals surface area (Å²) in [6.45, 7) is 0. The van der Waals surface area contributed by atoms with Gasteiger partial charge in [0.25, 0.3) is 10.9 Å². The summed E-state index contributed by atoms with van der Waals surface area (Å²) in [5.41, 5.74) is 4.42. The van der Waals surface area contributed by atoms with Gasteiger partial charge in [0.1, 0.15) is 5.75 Å². The number of amides is 1. The van der Waals surface area contributed by atoms with Crippen molar-refractivity contribution in [2.24, 2.45) is 5.10 Å². The van der Waals surface area contributed by atoms with E-state index in [2.05, 4.69) is 31.4 Å². The number of ether oxygens (including phenoxy) is 1. The standard InChI is InChI=1S/C28H18BrClN6O4S/c29-18-6-9-24-21(12-18)23-13-22(15-4-7-19(30)8-5-15)34-35(23)28(40-24)25(41-27(37)32-28)11-17-14-31-33-26(17)16-2-1-3-20(10-16)36(38)39/h1-12,14,23H,13H2,(H,31,33)(H,32,37). The molecule has 1 fully saturated rings. The number of nitro groups is 1. The van der Waals surface area contributed by atoms with Crippen LogP contribution in [-0.4, -0.2) is 36.9 Å². The van der Waals surface area contributed by atoms with Crippen LogP contribution >= 0.6 is 39.3 Å². The van der Waals surface area contributed by atoms with Crippen molar-refractivity contribution in [3.8, 4) is 17.0 Å². The van der Waals surface area contributed by atoms with E-state index >= 15 is 0 Å². The summed E-state index contributed by atoms with van der Waals surface area (Å²) in [7, 11) is 0. The van der Waals surface area contributed by atoms with Crippen LogP contribution in [0.5, 0.6) is 5.75 Å². The van der Waals surface area contributed by atoms with Crippen molar-refractivity contribution in [1.82, 2.24) is 20.5 Å². The minimum atomic E-state index is -1.42. The zero-order chi connectivity index (χ0) is 28.3. The zero-order valence-electron chi connectivity index (χ0n) is 20.9. The number of hydrogen-bond donors (Lipinski definition) is 2. The zero-order valence-corrected chi connectivity index (χ0v) is 24.0. The fourth-order valence-electron chi connectivity index (χ4n) is 5.26. The largest absolute Gasteiger partial charge is 0.444 e. The number of nitrogens with one attached hydrogen (secondary N) is 2. The molecule has 0 saturated carbocycles. The summed E-state index contributed by atoms with van der Waals surface area (Å²) in [4.78, 5) is 24.5. The lowest BCUT2D eigenvalue weighted by Gasteiger charge is -2.45. The topological polar surface area (TPSA) is 126 Å². The molecule has 13 heteroatoms. The summed E-state index contributed by atoms with van der Waals surface area (Å²) < 4.78 is 7.52. The van der Waals surface area contributed by atoms with Crippen LogP contribution in [-0.2, 0) is 0 Å². The quantitative estimate of drug-likeness (QED) is 0.178. The average molecular weight is 650 g/mol. The van der Waals surface area contributed by atoms with Crippen LogP contribution in [0.1, 0.15) is 29.2 Å². The van der Waals surface area contributed by atoms with Gasteiger partial charge in [-0.2, -0.15) is 10.2 Å². The van der Waals surface area contributed by atoms with Gasteiger partial charge in [-0.25, -0.2) is 5.01 Å². The van der Waals surface area contributed by atoms with Gasteiger partial charge in [-0.15, -0.1) is 0 Å². The number of carbonyl (C=O) groups is 1. The minimum Gasteiger partial charge on any atom is -0.444 e. The van der Waals surface area contributed by atoms with E-state index in [1.807, 2.05) is 47.5 Å². The van der Waals surface area contributed by atoms with E-state index in [1.54, 1.807) is 24.4 Å². The maximum Gasteiger partial charge on any atom is 0.314 e. The minimum absolute atomic E-state index is 0.0402. The van der Waals surface area contributed by atoms with Gasteiger partial charge in [-0.3, -0.25) is 25.3 Å². The third-order valence-electron chi connectivity index (χ3n) is 7.11. The Bertz CT molecular complexity index is 1810. The van der Waals surface area contributed by atoms with Crippen molar-refractivity contribution in [2.75, 3.05) is 0 Å². The van der Waals surface area contributed by atoms with Gasteiger partial charge in [-0.05, 0) is 53.7 Å². The van der Waals surface area contributed by atoms with Crippen molar-refractivity contribution in [1.29, 1.82) is 0 Å². The van der Waals surface area contributed by atoms with Crippen LogP contribution in [0.2, 0.25) is 5.02 Å². The van der Waals surface area contributed by atoms with Crippen LogP contribution < -0.4 is 10.1 Å². The van der Waals surface area contributed by atoms with Gasteiger partial charge < -0.3 is 4.74 Å². The molecule has 0 bridgehead atoms. The Morgan fingerprint density at radius 2 is 2.00 bits per heavy atom. The summed E-state index contributed by atoms with van der Waals surface area (Å²) in [5.74, 6) is -0.791. The number of benzene rings is 3. The Hall–Kier alpha value is -4.13. The summed E-state index contributed by atoms with van der Waals surface area (Å²) >= 11 is 10.7. The van der Waals surface area contributed by atoms with E-state index in [-0.39, 0.29) is 17.0 Å².